The predicted octanol–water partition coefficient (Wildman–Crippen LogP) is 13.5. The molecule has 1 aliphatic carbocycles. The second-order valence-corrected chi connectivity index (χ2v) is 15.2. The van der Waals surface area contributed by atoms with Crippen LogP contribution in [0.15, 0.2) is 231 Å². The van der Waals surface area contributed by atoms with Gasteiger partial charge in [0.1, 0.15) is 0 Å². The van der Waals surface area contributed by atoms with E-state index in [2.05, 4.69) is 231 Å². The molecule has 58 heavy (non-hydrogen) atoms. The maximum Gasteiger partial charge on any atom is 0.0973 e. The summed E-state index contributed by atoms with van der Waals surface area (Å²) in [5.41, 5.74) is 13.8. The average molecular weight is 739 g/mol. The van der Waals surface area contributed by atoms with E-state index in [9.17, 15) is 0 Å². The van der Waals surface area contributed by atoms with Gasteiger partial charge < -0.3 is 0 Å². The maximum atomic E-state index is 5.63. The van der Waals surface area contributed by atoms with E-state index in [4.69, 9.17) is 9.97 Å². The van der Waals surface area contributed by atoms with Gasteiger partial charge in [-0.3, -0.25) is 0 Å². The van der Waals surface area contributed by atoms with E-state index in [-0.39, 0.29) is 0 Å². The number of rotatable bonds is 6. The lowest BCUT2D eigenvalue weighted by molar-refractivity contribution is 0.415. The van der Waals surface area contributed by atoms with Gasteiger partial charge in [0, 0.05) is 16.5 Å². The highest BCUT2D eigenvalue weighted by Crippen LogP contribution is 2.65. The van der Waals surface area contributed by atoms with Crippen LogP contribution in [0, 0.1) is 0 Å². The van der Waals surface area contributed by atoms with Gasteiger partial charge in [0.15, 0.2) is 0 Å². The van der Waals surface area contributed by atoms with Gasteiger partial charge in [-0.25, -0.2) is 9.97 Å². The highest BCUT2D eigenvalue weighted by Gasteiger charge is 2.61. The Bertz CT molecular complexity index is 3010. The zero-order chi connectivity index (χ0) is 38.5. The summed E-state index contributed by atoms with van der Waals surface area (Å²) in [5, 5.41) is 2.24. The Labute approximate surface area is 338 Å². The molecule has 0 atom stereocenters. The van der Waals surface area contributed by atoms with Crippen LogP contribution < -0.4 is 0 Å². The Morgan fingerprint density at radius 1 is 0.310 bits per heavy atom. The molecule has 0 unspecified atom stereocenters. The molecule has 0 saturated carbocycles. The number of fused-ring (bicyclic) bond motifs is 6. The van der Waals surface area contributed by atoms with E-state index in [0.717, 1.165) is 44.3 Å². The van der Waals surface area contributed by atoms with Crippen LogP contribution in [0.25, 0.3) is 55.4 Å². The summed E-state index contributed by atoms with van der Waals surface area (Å²) in [4.78, 5) is 11.1. The lowest BCUT2D eigenvalue weighted by Crippen LogP contribution is -2.54. The van der Waals surface area contributed by atoms with Crippen molar-refractivity contribution in [2.45, 2.75) is 10.8 Å². The fraction of sp³-hybridized carbons (Fsp3) is 0.0357. The third kappa shape index (κ3) is 4.92. The molecular weight excluding hydrogens is 701 g/mol. The molecule has 0 saturated heterocycles. The van der Waals surface area contributed by atoms with Crippen LogP contribution in [0.4, 0.5) is 0 Å². The Morgan fingerprint density at radius 2 is 0.776 bits per heavy atom. The first-order valence-corrected chi connectivity index (χ1v) is 20.0. The second kappa shape index (κ2) is 13.7. The minimum Gasteiger partial charge on any atom is -0.244 e. The summed E-state index contributed by atoms with van der Waals surface area (Å²) in [6, 6.07) is 84.0. The molecule has 1 aliphatic rings. The molecule has 1 aromatic heterocycles. The van der Waals surface area contributed by atoms with E-state index >= 15 is 0 Å². The van der Waals surface area contributed by atoms with Gasteiger partial charge in [0.2, 0.25) is 0 Å². The van der Waals surface area contributed by atoms with Crippen molar-refractivity contribution >= 4 is 21.8 Å². The van der Waals surface area contributed by atoms with Gasteiger partial charge in [0.25, 0.3) is 0 Å². The van der Waals surface area contributed by atoms with Crippen LogP contribution in [0.1, 0.15) is 33.4 Å². The van der Waals surface area contributed by atoms with Gasteiger partial charge in [-0.15, -0.1) is 0 Å². The van der Waals surface area contributed by atoms with E-state index in [1.54, 1.807) is 0 Å². The fourth-order valence-electron chi connectivity index (χ4n) is 10.0. The topological polar surface area (TPSA) is 25.8 Å². The molecule has 0 spiro atoms. The predicted molar refractivity (Wildman–Crippen MR) is 239 cm³/mol. The number of benzene rings is 9. The van der Waals surface area contributed by atoms with E-state index in [0.29, 0.717) is 0 Å². The first kappa shape index (κ1) is 33.9. The minimum absolute atomic E-state index is 0.714. The maximum absolute atomic E-state index is 5.63. The molecule has 0 aliphatic heterocycles. The van der Waals surface area contributed by atoms with Gasteiger partial charge in [-0.05, 0) is 62.0 Å². The zero-order valence-electron chi connectivity index (χ0n) is 31.8. The molecule has 2 heteroatoms. The number of hydrogen-bond acceptors (Lipinski definition) is 2. The van der Waals surface area contributed by atoms with Crippen molar-refractivity contribution in [2.75, 3.05) is 0 Å². The van der Waals surface area contributed by atoms with Crippen LogP contribution in [-0.2, 0) is 10.8 Å². The fourth-order valence-corrected chi connectivity index (χ4v) is 10.0. The van der Waals surface area contributed by atoms with Crippen molar-refractivity contribution in [1.29, 1.82) is 0 Å². The smallest absolute Gasteiger partial charge is 0.0973 e. The summed E-state index contributed by atoms with van der Waals surface area (Å²) >= 11 is 0. The van der Waals surface area contributed by atoms with E-state index in [1.807, 2.05) is 0 Å². The van der Waals surface area contributed by atoms with Gasteiger partial charge in [-0.1, -0.05) is 218 Å². The first-order chi connectivity index (χ1) is 28.8. The van der Waals surface area contributed by atoms with Crippen molar-refractivity contribution in [2.24, 2.45) is 0 Å². The van der Waals surface area contributed by atoms with Crippen LogP contribution in [0.3, 0.4) is 0 Å². The molecule has 0 fully saturated rings. The Kier molecular flexibility index (Phi) is 7.97. The standard InChI is InChI=1S/C56H38N2/c1-6-21-40(22-7-1)52-53(58-54-46-31-17-16-20-39(46)35-37-51(54)57-52)41-34-36-48-47-32-18-19-33-49(47)55(42-23-8-2-9-24-42,43-25-10-3-11-26-43)56(50(48)38-41,44-27-12-4-13-28-44)45-29-14-5-15-30-45/h1-38H. The molecule has 9 aromatic carbocycles. The monoisotopic (exact) mass is 738 g/mol. The highest BCUT2D eigenvalue weighted by molar-refractivity contribution is 6.05. The molecule has 0 N–H and O–H groups in total. The molecule has 0 amide bonds. The third-order valence-electron chi connectivity index (χ3n) is 12.3. The first-order valence-electron chi connectivity index (χ1n) is 20.0. The molecule has 272 valence electrons. The minimum atomic E-state index is -0.762. The SMILES string of the molecule is c1ccc(-c2nc3ccc4ccccc4c3nc2-c2ccc3c(c2)C(c2ccccc2)(c2ccccc2)C(c2ccccc2)(c2ccccc2)c2ccccc2-3)cc1. The molecule has 2 nitrogen and oxygen atoms in total. The summed E-state index contributed by atoms with van der Waals surface area (Å²) < 4.78 is 0. The van der Waals surface area contributed by atoms with Gasteiger partial charge in [0.05, 0.1) is 33.3 Å². The molecule has 11 rings (SSSR count). The summed E-state index contributed by atoms with van der Waals surface area (Å²) in [6.45, 7) is 0. The van der Waals surface area contributed by atoms with Gasteiger partial charge in [-0.2, -0.15) is 0 Å². The normalized spacial score (nSPS) is 13.8. The number of nitrogens with zero attached hydrogens (tertiary/aromatic N) is 2. The van der Waals surface area contributed by atoms with Crippen LogP contribution in [-0.4, -0.2) is 9.97 Å². The zero-order valence-corrected chi connectivity index (χ0v) is 31.8. The third-order valence-corrected chi connectivity index (χ3v) is 12.3. The average Bonchev–Trinajstić information content (AvgIpc) is 3.32. The Morgan fingerprint density at radius 3 is 1.38 bits per heavy atom. The summed E-state index contributed by atoms with van der Waals surface area (Å²) in [7, 11) is 0. The number of aromatic nitrogens is 2. The Hall–Kier alpha value is -7.42. The molecule has 1 heterocycles. The lowest BCUT2D eigenvalue weighted by Gasteiger charge is -2.57. The molecular formula is C56H38N2. The summed E-state index contributed by atoms with van der Waals surface area (Å²) in [5.74, 6) is 0. The lowest BCUT2D eigenvalue weighted by atomic mass is 9.43. The van der Waals surface area contributed by atoms with Crippen molar-refractivity contribution < 1.29 is 0 Å². The van der Waals surface area contributed by atoms with Crippen LogP contribution >= 0.6 is 0 Å². The summed E-state index contributed by atoms with van der Waals surface area (Å²) in [6.07, 6.45) is 0. The largest absolute Gasteiger partial charge is 0.244 e. The molecule has 0 bridgehead atoms. The van der Waals surface area contributed by atoms with Crippen molar-refractivity contribution in [1.82, 2.24) is 9.97 Å². The highest BCUT2D eigenvalue weighted by atomic mass is 14.8. The van der Waals surface area contributed by atoms with Crippen LogP contribution in [0.5, 0.6) is 0 Å². The van der Waals surface area contributed by atoms with Crippen molar-refractivity contribution in [3.8, 4) is 33.6 Å². The van der Waals surface area contributed by atoms with E-state index < -0.39 is 10.8 Å². The quantitative estimate of drug-likeness (QED) is 0.159. The molecule has 10 aromatic rings. The Balaban J connectivity index is 1.34. The van der Waals surface area contributed by atoms with Gasteiger partial charge >= 0.3 is 0 Å². The van der Waals surface area contributed by atoms with Crippen molar-refractivity contribution in [3.05, 3.63) is 264 Å². The van der Waals surface area contributed by atoms with Crippen LogP contribution in [0.2, 0.25) is 0 Å². The number of hydrogen-bond donors (Lipinski definition) is 0. The van der Waals surface area contributed by atoms with E-state index in [1.165, 1.54) is 44.5 Å². The second-order valence-electron chi connectivity index (χ2n) is 15.2. The van der Waals surface area contributed by atoms with Crippen molar-refractivity contribution in [3.63, 3.8) is 0 Å². The molecule has 0 radical (unpaired) electrons.